The third-order valence-corrected chi connectivity index (χ3v) is 2.59. The Morgan fingerprint density at radius 2 is 2.06 bits per heavy atom. The molecule has 1 unspecified atom stereocenters. The smallest absolute Gasteiger partial charge is 0.145 e. The zero-order chi connectivity index (χ0) is 12.1. The lowest BCUT2D eigenvalue weighted by atomic mass is 10.2. The van der Waals surface area contributed by atoms with Crippen molar-refractivity contribution >= 4 is 16.9 Å². The van der Waals surface area contributed by atoms with Crippen LogP contribution in [0.3, 0.4) is 0 Å². The van der Waals surface area contributed by atoms with Gasteiger partial charge in [-0.3, -0.25) is 4.98 Å². The molecule has 0 saturated carbocycles. The van der Waals surface area contributed by atoms with Gasteiger partial charge in [-0.15, -0.1) is 0 Å². The van der Waals surface area contributed by atoms with Crippen molar-refractivity contribution in [1.29, 1.82) is 0 Å². The Hall–Kier alpha value is -1.68. The Bertz CT molecular complexity index is 482. The lowest BCUT2D eigenvalue weighted by molar-refractivity contribution is 0.639. The van der Waals surface area contributed by atoms with Crippen LogP contribution in [0.25, 0.3) is 11.0 Å². The van der Waals surface area contributed by atoms with Crippen LogP contribution in [-0.2, 0) is 0 Å². The third-order valence-electron chi connectivity index (χ3n) is 2.59. The molecule has 0 aliphatic rings. The van der Waals surface area contributed by atoms with E-state index in [0.717, 1.165) is 36.2 Å². The second-order valence-electron chi connectivity index (χ2n) is 4.29. The van der Waals surface area contributed by atoms with Crippen LogP contribution in [0.2, 0.25) is 0 Å². The van der Waals surface area contributed by atoms with Crippen LogP contribution in [0, 0.1) is 0 Å². The van der Waals surface area contributed by atoms with Crippen LogP contribution in [0.4, 0.5) is 5.82 Å². The van der Waals surface area contributed by atoms with Gasteiger partial charge in [0.15, 0.2) is 0 Å². The van der Waals surface area contributed by atoms with Gasteiger partial charge in [0.05, 0.1) is 17.2 Å². The highest BCUT2D eigenvalue weighted by molar-refractivity contribution is 5.75. The molecule has 1 aromatic carbocycles. The maximum Gasteiger partial charge on any atom is 0.145 e. The number of hydrogen-bond donors (Lipinski definition) is 2. The summed E-state index contributed by atoms with van der Waals surface area (Å²) in [5.74, 6) is 0.827. The van der Waals surface area contributed by atoms with Gasteiger partial charge in [0.2, 0.25) is 0 Å². The quantitative estimate of drug-likeness (QED) is 0.773. The number of aromatic nitrogens is 2. The summed E-state index contributed by atoms with van der Waals surface area (Å²) in [6.07, 6.45) is 3.84. The second kappa shape index (κ2) is 5.59. The van der Waals surface area contributed by atoms with Gasteiger partial charge in [-0.05, 0) is 31.9 Å². The van der Waals surface area contributed by atoms with Crippen molar-refractivity contribution in [3.63, 3.8) is 0 Å². The third kappa shape index (κ3) is 3.39. The van der Waals surface area contributed by atoms with Crippen LogP contribution < -0.4 is 11.1 Å². The molecular formula is C13H18N4. The number of benzene rings is 1. The number of para-hydroxylation sites is 2. The molecule has 2 rings (SSSR count). The molecule has 90 valence electrons. The zero-order valence-corrected chi connectivity index (χ0v) is 10.1. The van der Waals surface area contributed by atoms with E-state index in [1.807, 2.05) is 31.2 Å². The molecule has 0 amide bonds. The lowest BCUT2D eigenvalue weighted by Crippen LogP contribution is -2.16. The van der Waals surface area contributed by atoms with Crippen molar-refractivity contribution in [1.82, 2.24) is 9.97 Å². The molecule has 17 heavy (non-hydrogen) atoms. The van der Waals surface area contributed by atoms with Crippen molar-refractivity contribution < 1.29 is 0 Å². The van der Waals surface area contributed by atoms with E-state index in [9.17, 15) is 0 Å². The summed E-state index contributed by atoms with van der Waals surface area (Å²) < 4.78 is 0. The van der Waals surface area contributed by atoms with Crippen LogP contribution >= 0.6 is 0 Å². The minimum absolute atomic E-state index is 0.263. The Labute approximate surface area is 101 Å². The number of nitrogens with zero attached hydrogens (tertiary/aromatic N) is 2. The summed E-state index contributed by atoms with van der Waals surface area (Å²) in [5, 5.41) is 3.26. The summed E-state index contributed by atoms with van der Waals surface area (Å²) >= 11 is 0. The number of nitrogens with one attached hydrogen (secondary N) is 1. The van der Waals surface area contributed by atoms with Crippen molar-refractivity contribution in [3.05, 3.63) is 30.5 Å². The Morgan fingerprint density at radius 1 is 1.29 bits per heavy atom. The second-order valence-corrected chi connectivity index (χ2v) is 4.29. The predicted octanol–water partition coefficient (Wildman–Crippen LogP) is 2.17. The van der Waals surface area contributed by atoms with Gasteiger partial charge in [-0.1, -0.05) is 12.1 Å². The summed E-state index contributed by atoms with van der Waals surface area (Å²) in [6.45, 7) is 2.91. The molecule has 2 aromatic rings. The fourth-order valence-electron chi connectivity index (χ4n) is 1.68. The standard InChI is InChI=1S/C13H18N4/c1-10(14)5-4-8-15-13-9-16-11-6-2-3-7-12(11)17-13/h2-3,6-7,9-10H,4-5,8,14H2,1H3,(H,15,17). The summed E-state index contributed by atoms with van der Waals surface area (Å²) in [6, 6.07) is 8.13. The maximum absolute atomic E-state index is 5.69. The predicted molar refractivity (Wildman–Crippen MR) is 70.9 cm³/mol. The fraction of sp³-hybridized carbons (Fsp3) is 0.385. The lowest BCUT2D eigenvalue weighted by Gasteiger charge is -2.07. The van der Waals surface area contributed by atoms with E-state index in [1.54, 1.807) is 6.20 Å². The molecule has 0 bridgehead atoms. The number of fused-ring (bicyclic) bond motifs is 1. The highest BCUT2D eigenvalue weighted by Crippen LogP contribution is 2.11. The Kier molecular flexibility index (Phi) is 3.88. The summed E-state index contributed by atoms with van der Waals surface area (Å²) in [4.78, 5) is 8.83. The summed E-state index contributed by atoms with van der Waals surface area (Å²) in [7, 11) is 0. The highest BCUT2D eigenvalue weighted by Gasteiger charge is 1.99. The van der Waals surface area contributed by atoms with Crippen molar-refractivity contribution in [2.75, 3.05) is 11.9 Å². The van der Waals surface area contributed by atoms with E-state index < -0.39 is 0 Å². The van der Waals surface area contributed by atoms with E-state index in [0.29, 0.717) is 0 Å². The number of anilines is 1. The number of hydrogen-bond acceptors (Lipinski definition) is 4. The van der Waals surface area contributed by atoms with E-state index in [-0.39, 0.29) is 6.04 Å². The van der Waals surface area contributed by atoms with E-state index >= 15 is 0 Å². The largest absolute Gasteiger partial charge is 0.369 e. The molecular weight excluding hydrogens is 212 g/mol. The monoisotopic (exact) mass is 230 g/mol. The molecule has 1 heterocycles. The van der Waals surface area contributed by atoms with Gasteiger partial charge in [0.1, 0.15) is 5.82 Å². The molecule has 1 atom stereocenters. The zero-order valence-electron chi connectivity index (χ0n) is 10.1. The molecule has 0 aliphatic heterocycles. The van der Waals surface area contributed by atoms with E-state index in [4.69, 9.17) is 5.73 Å². The molecule has 0 saturated heterocycles. The highest BCUT2D eigenvalue weighted by atomic mass is 15.0. The van der Waals surface area contributed by atoms with Gasteiger partial charge in [-0.25, -0.2) is 4.98 Å². The van der Waals surface area contributed by atoms with E-state index in [1.165, 1.54) is 0 Å². The van der Waals surface area contributed by atoms with Gasteiger partial charge in [0, 0.05) is 12.6 Å². The Morgan fingerprint density at radius 3 is 2.82 bits per heavy atom. The normalized spacial score (nSPS) is 12.6. The molecule has 1 aromatic heterocycles. The first-order valence-electron chi connectivity index (χ1n) is 5.97. The first-order valence-corrected chi connectivity index (χ1v) is 5.97. The topological polar surface area (TPSA) is 63.8 Å². The minimum Gasteiger partial charge on any atom is -0.369 e. The molecule has 0 aliphatic carbocycles. The number of nitrogens with two attached hydrogens (primary N) is 1. The molecule has 0 radical (unpaired) electrons. The molecule has 4 heteroatoms. The molecule has 4 nitrogen and oxygen atoms in total. The van der Waals surface area contributed by atoms with Crippen LogP contribution in [0.5, 0.6) is 0 Å². The van der Waals surface area contributed by atoms with E-state index in [2.05, 4.69) is 15.3 Å². The molecule has 3 N–H and O–H groups in total. The number of rotatable bonds is 5. The van der Waals surface area contributed by atoms with Gasteiger partial charge < -0.3 is 11.1 Å². The SMILES string of the molecule is CC(N)CCCNc1cnc2ccccc2n1. The van der Waals surface area contributed by atoms with Crippen molar-refractivity contribution in [2.24, 2.45) is 5.73 Å². The average Bonchev–Trinajstić information content (AvgIpc) is 2.34. The van der Waals surface area contributed by atoms with Crippen molar-refractivity contribution in [3.8, 4) is 0 Å². The average molecular weight is 230 g/mol. The van der Waals surface area contributed by atoms with Crippen LogP contribution in [0.15, 0.2) is 30.5 Å². The first-order chi connectivity index (χ1) is 8.25. The molecule has 0 fully saturated rings. The van der Waals surface area contributed by atoms with Gasteiger partial charge in [-0.2, -0.15) is 0 Å². The first kappa shape index (κ1) is 11.8. The van der Waals surface area contributed by atoms with Crippen molar-refractivity contribution in [2.45, 2.75) is 25.8 Å². The van der Waals surface area contributed by atoms with Crippen LogP contribution in [-0.4, -0.2) is 22.6 Å². The summed E-state index contributed by atoms with van der Waals surface area (Å²) in [5.41, 5.74) is 7.54. The van der Waals surface area contributed by atoms with Gasteiger partial charge >= 0.3 is 0 Å². The van der Waals surface area contributed by atoms with Gasteiger partial charge in [0.25, 0.3) is 0 Å². The maximum atomic E-state index is 5.69. The Balaban J connectivity index is 1.95. The molecule has 0 spiro atoms. The fourth-order valence-corrected chi connectivity index (χ4v) is 1.68. The minimum atomic E-state index is 0.263. The van der Waals surface area contributed by atoms with Crippen LogP contribution in [0.1, 0.15) is 19.8 Å².